The number of halogens is 3. The maximum absolute atomic E-state index is 14.1. The largest absolute Gasteiger partial charge is 0.500 e. The molecule has 0 aliphatic carbocycles. The van der Waals surface area contributed by atoms with Gasteiger partial charge in [-0.05, 0) is 88.2 Å². The van der Waals surface area contributed by atoms with Gasteiger partial charge in [-0.1, -0.05) is 117 Å². The molecule has 5 aromatic carbocycles. The standard InChI is InChI=1S/C38H33F3NO.C13H12N.Ir/c1-23-18-25(20-37(3,4)5)14-16-28(23)32-19-33(42-22-24(32)2)31-13-9-12-29-30-17-15-27(21-38(39,40)41)34(36(30)43-35(29)31)26-10-7-6-8-11-26;1-10-3-6-12(7-4-10)13-8-5-11(2)9-14-13;/h6-12,14-19,22H,20-21H2,1-5H3;3-6,8-9H,1-2H3;/q2*-1;/i1D3,2D3,16D,20D2,21D2;1D3,2D3;. The number of pyridine rings is 2. The van der Waals surface area contributed by atoms with Gasteiger partial charge < -0.3 is 14.4 Å². The van der Waals surface area contributed by atoms with E-state index in [9.17, 15) is 13.2 Å². The molecule has 0 unspecified atom stereocenters. The Morgan fingerprint density at radius 1 is 0.724 bits per heavy atom. The normalized spacial score (nSPS) is 17.3. The van der Waals surface area contributed by atoms with Crippen LogP contribution >= 0.6 is 0 Å². The van der Waals surface area contributed by atoms with E-state index >= 15 is 0 Å². The molecule has 0 aliphatic heterocycles. The molecule has 8 aromatic rings. The van der Waals surface area contributed by atoms with Crippen LogP contribution in [0.2, 0.25) is 0 Å². The molecule has 0 fully saturated rings. The van der Waals surface area contributed by atoms with Crippen LogP contribution in [0.5, 0.6) is 0 Å². The van der Waals surface area contributed by atoms with Crippen LogP contribution in [0.3, 0.4) is 0 Å². The van der Waals surface area contributed by atoms with Gasteiger partial charge in [-0.25, -0.2) is 0 Å². The van der Waals surface area contributed by atoms with Gasteiger partial charge in [-0.15, -0.1) is 53.6 Å². The molecular formula is C51H45F3IrN2O-2. The minimum Gasteiger partial charge on any atom is -0.500 e. The summed E-state index contributed by atoms with van der Waals surface area (Å²) in [5.74, 6) is 0. The van der Waals surface area contributed by atoms with E-state index in [1.807, 2.05) is 0 Å². The Hall–Kier alpha value is -5.36. The number of alkyl halides is 3. The number of aryl methyl sites for hydroxylation is 4. The zero-order valence-corrected chi connectivity index (χ0v) is 33.6. The average molecular weight is 968 g/mol. The third-order valence-corrected chi connectivity index (χ3v) is 8.68. The van der Waals surface area contributed by atoms with Gasteiger partial charge in [0.2, 0.25) is 0 Å². The fraction of sp³-hybridized carbons (Fsp3) is 0.216. The summed E-state index contributed by atoms with van der Waals surface area (Å²) >= 11 is 0. The maximum atomic E-state index is 14.1. The van der Waals surface area contributed by atoms with Crippen molar-refractivity contribution in [3.8, 4) is 44.8 Å². The molecule has 0 saturated carbocycles. The number of hydrogen-bond donors (Lipinski definition) is 0. The summed E-state index contributed by atoms with van der Waals surface area (Å²) in [6, 6.07) is 30.1. The summed E-state index contributed by atoms with van der Waals surface area (Å²) in [6.07, 6.45) is -8.78. The molecule has 0 atom stereocenters. The molecule has 8 rings (SSSR count). The van der Waals surface area contributed by atoms with Crippen molar-refractivity contribution in [3.05, 3.63) is 167 Å². The SMILES string of the molecule is [2H]C([2H])([2H])c1c[c-]c(-c2ccc(C([2H])([2H])[2H])cn2)cc1.[2H]c1cc(C([2H])([2H])C(C)(C)C)cc(C([2H])([2H])[2H])c1-c1cc(-c2[c-]ccc3c2oc2c(-c4ccccc4)c(C([2H])([2H])C(F)(F)F)ccc23)ncc1C([2H])([2H])[2H].[Ir]. The first-order chi connectivity index (χ1) is 33.9. The van der Waals surface area contributed by atoms with Crippen molar-refractivity contribution >= 4 is 21.9 Å². The third-order valence-electron chi connectivity index (χ3n) is 8.68. The number of aromatic nitrogens is 2. The molecule has 0 aliphatic rings. The summed E-state index contributed by atoms with van der Waals surface area (Å²) < 4.78 is 185. The Morgan fingerprint density at radius 3 is 2.16 bits per heavy atom. The second-order valence-corrected chi connectivity index (χ2v) is 14.1. The predicted molar refractivity (Wildman–Crippen MR) is 227 cm³/mol. The van der Waals surface area contributed by atoms with E-state index < -0.39 is 68.9 Å². The van der Waals surface area contributed by atoms with Crippen molar-refractivity contribution < 1.29 is 61.0 Å². The Balaban J connectivity index is 0.000000365. The van der Waals surface area contributed by atoms with E-state index in [1.54, 1.807) is 57.2 Å². The molecule has 0 amide bonds. The van der Waals surface area contributed by atoms with Crippen LogP contribution in [-0.4, -0.2) is 16.1 Å². The van der Waals surface area contributed by atoms with Gasteiger partial charge in [0.1, 0.15) is 5.58 Å². The van der Waals surface area contributed by atoms with Gasteiger partial charge in [-0.2, -0.15) is 13.2 Å². The van der Waals surface area contributed by atoms with Crippen molar-refractivity contribution in [2.24, 2.45) is 5.41 Å². The molecule has 0 spiro atoms. The number of hydrogen-bond acceptors (Lipinski definition) is 3. The van der Waals surface area contributed by atoms with E-state index in [0.29, 0.717) is 22.0 Å². The van der Waals surface area contributed by atoms with Crippen LogP contribution < -0.4 is 0 Å². The quantitative estimate of drug-likeness (QED) is 0.156. The summed E-state index contributed by atoms with van der Waals surface area (Å²) in [6.45, 7) is -5.20. The molecular weight excluding hydrogens is 906 g/mol. The summed E-state index contributed by atoms with van der Waals surface area (Å²) in [5.41, 5.74) is -1.12. The maximum Gasteiger partial charge on any atom is 0.393 e. The fourth-order valence-electron chi connectivity index (χ4n) is 6.31. The molecule has 7 heteroatoms. The zero-order chi connectivity index (χ0) is 54.9. The summed E-state index contributed by atoms with van der Waals surface area (Å²) in [7, 11) is 0. The van der Waals surface area contributed by atoms with Crippen LogP contribution in [0, 0.1) is 45.0 Å². The zero-order valence-electron chi connectivity index (χ0n) is 48.2. The molecule has 1 radical (unpaired) electrons. The Bertz CT molecular complexity index is 3300. The van der Waals surface area contributed by atoms with Crippen LogP contribution in [0.25, 0.3) is 66.7 Å². The number of furan rings is 1. The minimum atomic E-state index is -5.27. The number of rotatable bonds is 6. The Morgan fingerprint density at radius 2 is 1.48 bits per heavy atom. The molecule has 0 bridgehead atoms. The molecule has 3 nitrogen and oxygen atoms in total. The van der Waals surface area contributed by atoms with E-state index in [0.717, 1.165) is 18.3 Å². The first-order valence-electron chi connectivity index (χ1n) is 26.1. The van der Waals surface area contributed by atoms with Crippen LogP contribution in [0.4, 0.5) is 13.2 Å². The van der Waals surface area contributed by atoms with Crippen molar-refractivity contribution in [1.29, 1.82) is 0 Å². The van der Waals surface area contributed by atoms with Crippen LogP contribution in [0.1, 0.15) is 77.5 Å². The molecule has 3 aromatic heterocycles. The molecule has 58 heavy (non-hydrogen) atoms. The monoisotopic (exact) mass is 968 g/mol. The minimum absolute atomic E-state index is 0. The van der Waals surface area contributed by atoms with Crippen LogP contribution in [-0.2, 0) is 32.9 Å². The van der Waals surface area contributed by atoms with Crippen molar-refractivity contribution in [2.75, 3.05) is 0 Å². The number of benzene rings is 5. The van der Waals surface area contributed by atoms with Crippen molar-refractivity contribution in [1.82, 2.24) is 9.97 Å². The van der Waals surface area contributed by atoms with E-state index in [-0.39, 0.29) is 87.0 Å². The van der Waals surface area contributed by atoms with E-state index in [2.05, 4.69) is 22.1 Å². The van der Waals surface area contributed by atoms with Crippen molar-refractivity contribution in [3.63, 3.8) is 0 Å². The van der Waals surface area contributed by atoms with Gasteiger partial charge in [0, 0.05) is 65.4 Å². The average Bonchev–Trinajstić information content (AvgIpc) is 3.68. The first-order valence-corrected chi connectivity index (χ1v) is 17.6. The fourth-order valence-corrected chi connectivity index (χ4v) is 6.31. The Labute approximate surface area is 376 Å². The van der Waals surface area contributed by atoms with Gasteiger partial charge >= 0.3 is 6.18 Å². The molecule has 0 saturated heterocycles. The predicted octanol–water partition coefficient (Wildman–Crippen LogP) is 14.3. The van der Waals surface area contributed by atoms with Crippen molar-refractivity contribution in [2.45, 2.75) is 67.1 Å². The third kappa shape index (κ3) is 9.66. The van der Waals surface area contributed by atoms with E-state index in [4.69, 9.17) is 27.7 Å². The second kappa shape index (κ2) is 17.2. The number of fused-ring (bicyclic) bond motifs is 3. The van der Waals surface area contributed by atoms with Gasteiger partial charge in [0.05, 0.1) is 13.3 Å². The topological polar surface area (TPSA) is 38.9 Å². The van der Waals surface area contributed by atoms with Gasteiger partial charge in [0.25, 0.3) is 0 Å². The smallest absolute Gasteiger partial charge is 0.393 e. The molecule has 3 heterocycles. The first kappa shape index (κ1) is 25.2. The molecule has 0 N–H and O–H groups in total. The van der Waals surface area contributed by atoms with E-state index in [1.165, 1.54) is 60.8 Å². The molecule has 297 valence electrons. The second-order valence-electron chi connectivity index (χ2n) is 14.1. The Kier molecular flexibility index (Phi) is 7.49. The number of nitrogens with zero attached hydrogens (tertiary/aromatic N) is 2. The van der Waals surface area contributed by atoms with Crippen LogP contribution in [0.15, 0.2) is 126 Å². The van der Waals surface area contributed by atoms with Gasteiger partial charge in [0.15, 0.2) is 0 Å². The summed E-state index contributed by atoms with van der Waals surface area (Å²) in [5, 5.41) is 0.749. The van der Waals surface area contributed by atoms with Gasteiger partial charge in [-0.3, -0.25) is 0 Å². The summed E-state index contributed by atoms with van der Waals surface area (Å²) in [4.78, 5) is 8.46.